The number of benzene rings is 1. The number of pyridine rings is 1. The number of hydrogen-bond acceptors (Lipinski definition) is 4. The largest absolute Gasteiger partial charge is 0.508 e. The first kappa shape index (κ1) is 16.6. The third-order valence-electron chi connectivity index (χ3n) is 2.95. The third-order valence-corrected chi connectivity index (χ3v) is 2.95. The molecule has 122 valence electrons. The molecule has 1 aromatic heterocycles. The van der Waals surface area contributed by atoms with Gasteiger partial charge in [0.15, 0.2) is 0 Å². The van der Waals surface area contributed by atoms with Gasteiger partial charge in [0.1, 0.15) is 11.6 Å². The van der Waals surface area contributed by atoms with E-state index in [0.717, 1.165) is 6.07 Å². The van der Waals surface area contributed by atoms with E-state index in [-0.39, 0.29) is 30.6 Å². The van der Waals surface area contributed by atoms with Crippen LogP contribution in [-0.2, 0) is 6.18 Å². The van der Waals surface area contributed by atoms with Crippen molar-refractivity contribution < 1.29 is 23.1 Å². The number of hydrogen-bond donors (Lipinski definition) is 3. The minimum Gasteiger partial charge on any atom is -0.508 e. The number of nitrogens with one attached hydrogen (secondary N) is 2. The highest BCUT2D eigenvalue weighted by atomic mass is 19.4. The van der Waals surface area contributed by atoms with Crippen LogP contribution in [0.3, 0.4) is 0 Å². The van der Waals surface area contributed by atoms with Gasteiger partial charge in [0.2, 0.25) is 0 Å². The second kappa shape index (κ2) is 6.99. The maximum absolute atomic E-state index is 12.8. The van der Waals surface area contributed by atoms with Crippen molar-refractivity contribution in [1.29, 1.82) is 0 Å². The first-order valence-electron chi connectivity index (χ1n) is 6.71. The molecule has 8 heteroatoms. The summed E-state index contributed by atoms with van der Waals surface area (Å²) in [5, 5.41) is 14.2. The van der Waals surface area contributed by atoms with Crippen molar-refractivity contribution in [3.8, 4) is 5.75 Å². The van der Waals surface area contributed by atoms with Crippen molar-refractivity contribution in [3.63, 3.8) is 0 Å². The normalized spacial score (nSPS) is 11.1. The molecule has 23 heavy (non-hydrogen) atoms. The van der Waals surface area contributed by atoms with Gasteiger partial charge in [-0.2, -0.15) is 13.2 Å². The third kappa shape index (κ3) is 4.60. The van der Waals surface area contributed by atoms with Gasteiger partial charge in [-0.25, -0.2) is 4.98 Å². The van der Waals surface area contributed by atoms with Gasteiger partial charge >= 0.3 is 6.18 Å². The van der Waals surface area contributed by atoms with Gasteiger partial charge in [-0.1, -0.05) is 0 Å². The van der Waals surface area contributed by atoms with E-state index in [1.165, 1.54) is 36.5 Å². The highest BCUT2D eigenvalue weighted by Crippen LogP contribution is 2.33. The number of rotatable bonds is 5. The molecule has 3 N–H and O–H groups in total. The van der Waals surface area contributed by atoms with E-state index in [0.29, 0.717) is 5.56 Å². The van der Waals surface area contributed by atoms with Crippen molar-refractivity contribution in [2.75, 3.05) is 18.4 Å². The molecule has 2 aromatic rings. The quantitative estimate of drug-likeness (QED) is 0.739. The minimum absolute atomic E-state index is 0.0399. The molecule has 0 aliphatic carbocycles. The minimum atomic E-state index is -4.49. The van der Waals surface area contributed by atoms with Crippen LogP contribution in [0.1, 0.15) is 15.9 Å². The number of amides is 1. The van der Waals surface area contributed by atoms with E-state index in [1.807, 2.05) is 0 Å². The maximum Gasteiger partial charge on any atom is 0.419 e. The van der Waals surface area contributed by atoms with E-state index >= 15 is 0 Å². The molecule has 1 amide bonds. The van der Waals surface area contributed by atoms with E-state index in [4.69, 9.17) is 5.11 Å². The van der Waals surface area contributed by atoms with Crippen LogP contribution in [0.2, 0.25) is 0 Å². The van der Waals surface area contributed by atoms with Crippen LogP contribution in [0, 0.1) is 0 Å². The number of phenols is 1. The summed E-state index contributed by atoms with van der Waals surface area (Å²) in [4.78, 5) is 15.4. The van der Waals surface area contributed by atoms with Crippen molar-refractivity contribution in [2.24, 2.45) is 0 Å². The Bertz CT molecular complexity index is 672. The molecule has 5 nitrogen and oxygen atoms in total. The Kier molecular flexibility index (Phi) is 5.05. The standard InChI is InChI=1S/C15H14F3N3O2/c16-15(17,18)12-2-1-7-19-13(12)20-8-9-21-14(23)10-3-5-11(22)6-4-10/h1-7,22H,8-9H2,(H,19,20)(H,21,23). The Morgan fingerprint density at radius 2 is 1.83 bits per heavy atom. The van der Waals surface area contributed by atoms with Gasteiger partial charge in [0, 0.05) is 24.8 Å². The predicted molar refractivity (Wildman–Crippen MR) is 78.2 cm³/mol. The number of aromatic hydroxyl groups is 1. The number of halogens is 3. The second-order valence-corrected chi connectivity index (χ2v) is 4.63. The highest BCUT2D eigenvalue weighted by molar-refractivity contribution is 5.94. The van der Waals surface area contributed by atoms with Crippen molar-refractivity contribution in [2.45, 2.75) is 6.18 Å². The Balaban J connectivity index is 1.86. The summed E-state index contributed by atoms with van der Waals surface area (Å²) in [5.41, 5.74) is -0.513. The summed E-state index contributed by atoms with van der Waals surface area (Å²) < 4.78 is 38.3. The number of alkyl halides is 3. The molecule has 1 heterocycles. The fourth-order valence-corrected chi connectivity index (χ4v) is 1.85. The van der Waals surface area contributed by atoms with Crippen molar-refractivity contribution >= 4 is 11.7 Å². The monoisotopic (exact) mass is 325 g/mol. The van der Waals surface area contributed by atoms with E-state index < -0.39 is 11.7 Å². The van der Waals surface area contributed by atoms with Crippen LogP contribution in [0.15, 0.2) is 42.6 Å². The molecule has 0 bridgehead atoms. The summed E-state index contributed by atoms with van der Waals surface area (Å²) >= 11 is 0. The van der Waals surface area contributed by atoms with Gasteiger partial charge in [-0.05, 0) is 36.4 Å². The molecule has 0 aliphatic heterocycles. The number of carbonyl (C=O) groups is 1. The topological polar surface area (TPSA) is 74.2 Å². The zero-order valence-electron chi connectivity index (χ0n) is 11.9. The number of carbonyl (C=O) groups excluding carboxylic acids is 1. The van der Waals surface area contributed by atoms with Crippen LogP contribution >= 0.6 is 0 Å². The average molecular weight is 325 g/mol. The lowest BCUT2D eigenvalue weighted by Gasteiger charge is -2.13. The van der Waals surface area contributed by atoms with E-state index in [1.54, 1.807) is 0 Å². The molecular formula is C15H14F3N3O2. The molecule has 0 radical (unpaired) electrons. The first-order valence-corrected chi connectivity index (χ1v) is 6.71. The fourth-order valence-electron chi connectivity index (χ4n) is 1.85. The van der Waals surface area contributed by atoms with Gasteiger partial charge in [0.25, 0.3) is 5.91 Å². The lowest BCUT2D eigenvalue weighted by Crippen LogP contribution is -2.29. The lowest BCUT2D eigenvalue weighted by atomic mass is 10.2. The number of nitrogens with zero attached hydrogens (tertiary/aromatic N) is 1. The van der Waals surface area contributed by atoms with Crippen LogP contribution < -0.4 is 10.6 Å². The molecule has 2 rings (SSSR count). The van der Waals surface area contributed by atoms with E-state index in [9.17, 15) is 18.0 Å². The summed E-state index contributed by atoms with van der Waals surface area (Å²) in [6.07, 6.45) is -3.24. The molecule has 0 atom stereocenters. The summed E-state index contributed by atoms with van der Waals surface area (Å²) in [6, 6.07) is 7.77. The fraction of sp³-hybridized carbons (Fsp3) is 0.200. The molecule has 1 aromatic carbocycles. The summed E-state index contributed by atoms with van der Waals surface area (Å²) in [6.45, 7) is 0.206. The second-order valence-electron chi connectivity index (χ2n) is 4.63. The Hall–Kier alpha value is -2.77. The molecule has 0 aliphatic rings. The zero-order valence-corrected chi connectivity index (χ0v) is 11.9. The maximum atomic E-state index is 12.8. The SMILES string of the molecule is O=C(NCCNc1ncccc1C(F)(F)F)c1ccc(O)cc1. The molecule has 0 unspecified atom stereocenters. The number of anilines is 1. The highest BCUT2D eigenvalue weighted by Gasteiger charge is 2.33. The van der Waals surface area contributed by atoms with Crippen LogP contribution in [-0.4, -0.2) is 29.1 Å². The average Bonchev–Trinajstić information content (AvgIpc) is 2.51. The molecule has 0 saturated heterocycles. The van der Waals surface area contributed by atoms with Gasteiger partial charge in [-0.15, -0.1) is 0 Å². The van der Waals surface area contributed by atoms with Crippen LogP contribution in [0.4, 0.5) is 19.0 Å². The summed E-state index contributed by atoms with van der Waals surface area (Å²) in [7, 11) is 0. The Morgan fingerprint density at radius 1 is 1.13 bits per heavy atom. The summed E-state index contributed by atoms with van der Waals surface area (Å²) in [5.74, 6) is -0.624. The molecule has 0 fully saturated rings. The van der Waals surface area contributed by atoms with Gasteiger partial charge in [0.05, 0.1) is 5.56 Å². The number of phenolic OH excluding ortho intramolecular Hbond substituents is 1. The molecule has 0 spiro atoms. The Labute approximate surface area is 130 Å². The van der Waals surface area contributed by atoms with Crippen LogP contribution in [0.5, 0.6) is 5.75 Å². The van der Waals surface area contributed by atoms with E-state index in [2.05, 4.69) is 15.6 Å². The van der Waals surface area contributed by atoms with Gasteiger partial charge < -0.3 is 15.7 Å². The van der Waals surface area contributed by atoms with Crippen LogP contribution in [0.25, 0.3) is 0 Å². The number of aromatic nitrogens is 1. The van der Waals surface area contributed by atoms with Gasteiger partial charge in [-0.3, -0.25) is 4.79 Å². The smallest absolute Gasteiger partial charge is 0.419 e. The first-order chi connectivity index (χ1) is 10.9. The zero-order chi connectivity index (χ0) is 16.9. The molecular weight excluding hydrogens is 311 g/mol. The molecule has 0 saturated carbocycles. The lowest BCUT2D eigenvalue weighted by molar-refractivity contribution is -0.137. The van der Waals surface area contributed by atoms with Crippen molar-refractivity contribution in [1.82, 2.24) is 10.3 Å². The predicted octanol–water partition coefficient (Wildman–Crippen LogP) is 2.65. The Morgan fingerprint density at radius 3 is 2.48 bits per heavy atom. The van der Waals surface area contributed by atoms with Crippen molar-refractivity contribution in [3.05, 3.63) is 53.7 Å².